The van der Waals surface area contributed by atoms with Crippen LogP contribution in [0, 0.1) is 0 Å². The molecule has 0 bridgehead atoms. The van der Waals surface area contributed by atoms with E-state index >= 15 is 0 Å². The summed E-state index contributed by atoms with van der Waals surface area (Å²) in [4.78, 5) is 23.6. The van der Waals surface area contributed by atoms with Crippen LogP contribution in [0.15, 0.2) is 22.8 Å². The number of hydrogen-bond acceptors (Lipinski definition) is 5. The molecule has 2 aromatic rings. The zero-order valence-corrected chi connectivity index (χ0v) is 12.2. The number of carbonyl (C=O) groups is 1. The highest BCUT2D eigenvalue weighted by Gasteiger charge is 2.17. The summed E-state index contributed by atoms with van der Waals surface area (Å²) < 4.78 is 0. The van der Waals surface area contributed by atoms with E-state index in [0.717, 1.165) is 41.2 Å². The zero-order valence-electron chi connectivity index (χ0n) is 10.5. The fourth-order valence-electron chi connectivity index (χ4n) is 2.25. The average Bonchev–Trinajstić information content (AvgIpc) is 2.94. The van der Waals surface area contributed by atoms with Crippen molar-refractivity contribution < 1.29 is 4.79 Å². The molecule has 1 aliphatic rings. The molecule has 1 fully saturated rings. The summed E-state index contributed by atoms with van der Waals surface area (Å²) in [5.74, 6) is 0.703. The molecule has 1 aliphatic heterocycles. The van der Waals surface area contributed by atoms with Crippen molar-refractivity contribution in [3.05, 3.63) is 17.8 Å². The van der Waals surface area contributed by atoms with Crippen molar-refractivity contribution in [1.29, 1.82) is 0 Å². The molecule has 0 saturated carbocycles. The van der Waals surface area contributed by atoms with Gasteiger partial charge in [-0.05, 0) is 30.7 Å². The van der Waals surface area contributed by atoms with E-state index in [1.807, 2.05) is 16.3 Å². The normalized spacial score (nSPS) is 15.9. The third-order valence-corrected chi connectivity index (χ3v) is 5.08. The Kier molecular flexibility index (Phi) is 3.98. The predicted molar refractivity (Wildman–Crippen MR) is 78.6 cm³/mol. The number of rotatable bonds is 3. The van der Waals surface area contributed by atoms with Crippen molar-refractivity contribution in [2.45, 2.75) is 24.3 Å². The highest BCUT2D eigenvalue weighted by molar-refractivity contribution is 8.00. The Labute approximate surface area is 120 Å². The third kappa shape index (κ3) is 2.90. The molecule has 4 nitrogen and oxygen atoms in total. The monoisotopic (exact) mass is 293 g/mol. The van der Waals surface area contributed by atoms with Crippen LogP contribution in [-0.2, 0) is 4.79 Å². The van der Waals surface area contributed by atoms with Crippen molar-refractivity contribution >= 4 is 39.2 Å². The van der Waals surface area contributed by atoms with Crippen molar-refractivity contribution in [3.63, 3.8) is 0 Å². The van der Waals surface area contributed by atoms with E-state index in [0.29, 0.717) is 5.75 Å². The van der Waals surface area contributed by atoms with E-state index in [2.05, 4.69) is 9.97 Å². The van der Waals surface area contributed by atoms with Crippen LogP contribution >= 0.6 is 23.1 Å². The highest BCUT2D eigenvalue weighted by atomic mass is 32.2. The molecule has 3 rings (SSSR count). The Morgan fingerprint density at radius 3 is 3.00 bits per heavy atom. The number of fused-ring (bicyclic) bond motifs is 1. The minimum Gasteiger partial charge on any atom is -0.342 e. The molecule has 19 heavy (non-hydrogen) atoms. The van der Waals surface area contributed by atoms with Crippen LogP contribution < -0.4 is 0 Å². The minimum absolute atomic E-state index is 0.228. The maximum atomic E-state index is 12.1. The van der Waals surface area contributed by atoms with Crippen LogP contribution in [0.2, 0.25) is 0 Å². The minimum atomic E-state index is 0.228. The fourth-order valence-corrected chi connectivity index (χ4v) is 3.93. The maximum Gasteiger partial charge on any atom is 0.232 e. The van der Waals surface area contributed by atoms with Crippen molar-refractivity contribution in [3.8, 4) is 0 Å². The predicted octanol–water partition coefficient (Wildman–Crippen LogP) is 2.80. The molecule has 100 valence electrons. The second kappa shape index (κ2) is 5.88. The molecule has 0 atom stereocenters. The molecular weight excluding hydrogens is 278 g/mol. The first-order chi connectivity index (χ1) is 9.34. The lowest BCUT2D eigenvalue weighted by atomic mass is 10.1. The number of amides is 1. The van der Waals surface area contributed by atoms with Crippen LogP contribution in [0.5, 0.6) is 0 Å². The highest BCUT2D eigenvalue weighted by Crippen LogP contribution is 2.27. The van der Waals surface area contributed by atoms with Crippen molar-refractivity contribution in [1.82, 2.24) is 14.9 Å². The van der Waals surface area contributed by atoms with E-state index in [1.54, 1.807) is 17.7 Å². The first-order valence-corrected chi connectivity index (χ1v) is 8.30. The molecule has 1 amide bonds. The lowest BCUT2D eigenvalue weighted by molar-refractivity contribution is -0.129. The number of aromatic nitrogens is 2. The van der Waals surface area contributed by atoms with Gasteiger partial charge in [-0.25, -0.2) is 9.97 Å². The van der Waals surface area contributed by atoms with Crippen LogP contribution in [0.4, 0.5) is 0 Å². The molecule has 2 aromatic heterocycles. The second-order valence-corrected chi connectivity index (χ2v) is 6.41. The Balaban J connectivity index is 1.65. The molecule has 0 aromatic carbocycles. The van der Waals surface area contributed by atoms with Gasteiger partial charge in [0.05, 0.1) is 5.75 Å². The van der Waals surface area contributed by atoms with E-state index in [4.69, 9.17) is 0 Å². The smallest absolute Gasteiger partial charge is 0.232 e. The van der Waals surface area contributed by atoms with Gasteiger partial charge < -0.3 is 4.90 Å². The van der Waals surface area contributed by atoms with Crippen LogP contribution in [-0.4, -0.2) is 39.6 Å². The van der Waals surface area contributed by atoms with Gasteiger partial charge in [-0.2, -0.15) is 0 Å². The van der Waals surface area contributed by atoms with E-state index in [-0.39, 0.29) is 5.91 Å². The second-order valence-electron chi connectivity index (χ2n) is 4.55. The number of carbonyl (C=O) groups excluding carboxylic acids is 1. The summed E-state index contributed by atoms with van der Waals surface area (Å²) in [5, 5.41) is 3.98. The fraction of sp³-hybridized carbons (Fsp3) is 0.462. The van der Waals surface area contributed by atoms with Gasteiger partial charge in [0, 0.05) is 18.5 Å². The summed E-state index contributed by atoms with van der Waals surface area (Å²) >= 11 is 3.12. The number of hydrogen-bond donors (Lipinski definition) is 0. The number of likely N-dealkylation sites (tertiary alicyclic amines) is 1. The van der Waals surface area contributed by atoms with Gasteiger partial charge >= 0.3 is 0 Å². The first kappa shape index (κ1) is 12.9. The Bertz CT molecular complexity index is 578. The average molecular weight is 293 g/mol. The molecular formula is C13H15N3OS2. The Hall–Kier alpha value is -1.14. The first-order valence-electron chi connectivity index (χ1n) is 6.43. The molecule has 1 saturated heterocycles. The molecule has 0 spiro atoms. The van der Waals surface area contributed by atoms with Crippen molar-refractivity contribution in [2.75, 3.05) is 18.8 Å². The lowest BCUT2D eigenvalue weighted by Gasteiger charge is -2.26. The van der Waals surface area contributed by atoms with Gasteiger partial charge in [0.1, 0.15) is 16.2 Å². The summed E-state index contributed by atoms with van der Waals surface area (Å²) in [6, 6.07) is 2.02. The summed E-state index contributed by atoms with van der Waals surface area (Å²) in [6.07, 6.45) is 5.10. The number of thioether (sulfide) groups is 1. The number of nitrogens with zero attached hydrogens (tertiary/aromatic N) is 3. The molecule has 0 N–H and O–H groups in total. The van der Waals surface area contributed by atoms with Gasteiger partial charge in [0.2, 0.25) is 5.91 Å². The molecule has 0 radical (unpaired) electrons. The molecule has 6 heteroatoms. The van der Waals surface area contributed by atoms with E-state index in [9.17, 15) is 4.79 Å². The lowest BCUT2D eigenvalue weighted by Crippen LogP contribution is -2.36. The van der Waals surface area contributed by atoms with E-state index < -0.39 is 0 Å². The van der Waals surface area contributed by atoms with Gasteiger partial charge in [0.25, 0.3) is 0 Å². The van der Waals surface area contributed by atoms with Crippen LogP contribution in [0.25, 0.3) is 10.2 Å². The van der Waals surface area contributed by atoms with Crippen molar-refractivity contribution in [2.24, 2.45) is 0 Å². The summed E-state index contributed by atoms with van der Waals surface area (Å²) in [7, 11) is 0. The van der Waals surface area contributed by atoms with Gasteiger partial charge in [0.15, 0.2) is 0 Å². The van der Waals surface area contributed by atoms with Gasteiger partial charge in [-0.15, -0.1) is 11.3 Å². The Morgan fingerprint density at radius 2 is 2.16 bits per heavy atom. The molecule has 0 aliphatic carbocycles. The standard InChI is InChI=1S/C13H15N3OS2/c17-11(16-5-2-1-3-6-16)8-19-13-10-4-7-18-12(10)14-9-15-13/h4,7,9H,1-3,5-6,8H2. The third-order valence-electron chi connectivity index (χ3n) is 3.27. The molecule has 0 unspecified atom stereocenters. The zero-order chi connectivity index (χ0) is 13.1. The summed E-state index contributed by atoms with van der Waals surface area (Å²) in [5.41, 5.74) is 0. The Morgan fingerprint density at radius 1 is 1.32 bits per heavy atom. The topological polar surface area (TPSA) is 46.1 Å². The number of thiophene rings is 1. The van der Waals surface area contributed by atoms with Gasteiger partial charge in [-0.3, -0.25) is 4.79 Å². The largest absolute Gasteiger partial charge is 0.342 e. The SMILES string of the molecule is O=C(CSc1ncnc2sccc12)N1CCCCC1. The van der Waals surface area contributed by atoms with Crippen LogP contribution in [0.1, 0.15) is 19.3 Å². The van der Waals surface area contributed by atoms with Gasteiger partial charge in [-0.1, -0.05) is 11.8 Å². The number of piperidine rings is 1. The molecule has 3 heterocycles. The quantitative estimate of drug-likeness (QED) is 0.645. The van der Waals surface area contributed by atoms with Crippen LogP contribution in [0.3, 0.4) is 0 Å². The summed E-state index contributed by atoms with van der Waals surface area (Å²) in [6.45, 7) is 1.83. The van der Waals surface area contributed by atoms with E-state index in [1.165, 1.54) is 18.2 Å². The maximum absolute atomic E-state index is 12.1.